The normalized spacial score (nSPS) is 30.5. The standard InChI is InChI=1S/C10H14ClNS/c1-6-12-5-8(13-6)9-7(4-11)10(9,2)3/h5,7,9H,4H2,1-3H3. The summed E-state index contributed by atoms with van der Waals surface area (Å²) in [6, 6.07) is 0. The summed E-state index contributed by atoms with van der Waals surface area (Å²) in [4.78, 5) is 5.70. The molecule has 1 aromatic rings. The van der Waals surface area contributed by atoms with E-state index in [4.69, 9.17) is 11.6 Å². The molecule has 1 heterocycles. The fourth-order valence-electron chi connectivity index (χ4n) is 2.12. The lowest BCUT2D eigenvalue weighted by molar-refractivity contribution is 0.578. The quantitative estimate of drug-likeness (QED) is 0.689. The van der Waals surface area contributed by atoms with Gasteiger partial charge in [0.1, 0.15) is 0 Å². The van der Waals surface area contributed by atoms with E-state index in [0.29, 0.717) is 17.3 Å². The first kappa shape index (κ1) is 9.47. The highest BCUT2D eigenvalue weighted by Crippen LogP contribution is 2.65. The van der Waals surface area contributed by atoms with Crippen LogP contribution in [0.25, 0.3) is 0 Å². The Morgan fingerprint density at radius 1 is 1.62 bits per heavy atom. The number of aryl methyl sites for hydroxylation is 1. The van der Waals surface area contributed by atoms with Gasteiger partial charge in [-0.2, -0.15) is 0 Å². The molecular weight excluding hydrogens is 202 g/mol. The molecule has 0 spiro atoms. The third-order valence-corrected chi connectivity index (χ3v) is 4.49. The second-order valence-corrected chi connectivity index (χ2v) is 5.92. The molecule has 0 bridgehead atoms. The summed E-state index contributed by atoms with van der Waals surface area (Å²) in [5, 5.41) is 1.16. The van der Waals surface area contributed by atoms with Crippen LogP contribution < -0.4 is 0 Å². The highest BCUT2D eigenvalue weighted by Gasteiger charge is 2.58. The van der Waals surface area contributed by atoms with Crippen molar-refractivity contribution in [1.29, 1.82) is 0 Å². The highest BCUT2D eigenvalue weighted by molar-refractivity contribution is 7.11. The Hall–Kier alpha value is -0.0800. The molecule has 1 nitrogen and oxygen atoms in total. The van der Waals surface area contributed by atoms with Crippen LogP contribution in [-0.4, -0.2) is 10.9 Å². The minimum Gasteiger partial charge on any atom is -0.250 e. The number of hydrogen-bond donors (Lipinski definition) is 0. The monoisotopic (exact) mass is 215 g/mol. The summed E-state index contributed by atoms with van der Waals surface area (Å²) < 4.78 is 0. The molecule has 72 valence electrons. The molecule has 0 aliphatic heterocycles. The topological polar surface area (TPSA) is 12.9 Å². The van der Waals surface area contributed by atoms with Crippen molar-refractivity contribution in [3.63, 3.8) is 0 Å². The van der Waals surface area contributed by atoms with E-state index in [1.165, 1.54) is 4.88 Å². The first-order valence-electron chi connectivity index (χ1n) is 4.55. The third-order valence-electron chi connectivity index (χ3n) is 3.16. The predicted octanol–water partition coefficient (Wildman–Crippen LogP) is 3.43. The number of hydrogen-bond acceptors (Lipinski definition) is 2. The van der Waals surface area contributed by atoms with Crippen LogP contribution in [0, 0.1) is 18.3 Å². The zero-order chi connectivity index (χ0) is 9.64. The second kappa shape index (κ2) is 2.96. The predicted molar refractivity (Wildman–Crippen MR) is 57.6 cm³/mol. The molecule has 0 N–H and O–H groups in total. The fourth-order valence-corrected chi connectivity index (χ4v) is 3.84. The van der Waals surface area contributed by atoms with Gasteiger partial charge in [-0.3, -0.25) is 0 Å². The van der Waals surface area contributed by atoms with Gasteiger partial charge in [-0.25, -0.2) is 4.98 Å². The van der Waals surface area contributed by atoms with E-state index < -0.39 is 0 Å². The summed E-state index contributed by atoms with van der Waals surface area (Å²) in [6.45, 7) is 6.64. The van der Waals surface area contributed by atoms with Gasteiger partial charge in [0, 0.05) is 22.9 Å². The average Bonchev–Trinajstić information content (AvgIpc) is 2.41. The SMILES string of the molecule is Cc1ncc(C2C(CCl)C2(C)C)s1. The summed E-state index contributed by atoms with van der Waals surface area (Å²) in [5.41, 5.74) is 0.390. The summed E-state index contributed by atoms with van der Waals surface area (Å²) in [5.74, 6) is 2.07. The summed E-state index contributed by atoms with van der Waals surface area (Å²) in [7, 11) is 0. The Bertz CT molecular complexity index is 318. The molecular formula is C10H14ClNS. The van der Waals surface area contributed by atoms with Crippen molar-refractivity contribution < 1.29 is 0 Å². The van der Waals surface area contributed by atoms with Crippen LogP contribution in [0.5, 0.6) is 0 Å². The molecule has 2 unspecified atom stereocenters. The lowest BCUT2D eigenvalue weighted by Gasteiger charge is -1.98. The van der Waals surface area contributed by atoms with Crippen LogP contribution in [0.4, 0.5) is 0 Å². The number of halogens is 1. The van der Waals surface area contributed by atoms with E-state index in [-0.39, 0.29) is 0 Å². The van der Waals surface area contributed by atoms with Gasteiger partial charge in [0.2, 0.25) is 0 Å². The smallest absolute Gasteiger partial charge is 0.0896 e. The maximum Gasteiger partial charge on any atom is 0.0896 e. The molecule has 2 atom stereocenters. The lowest BCUT2D eigenvalue weighted by Crippen LogP contribution is -1.90. The van der Waals surface area contributed by atoms with E-state index in [9.17, 15) is 0 Å². The van der Waals surface area contributed by atoms with Gasteiger partial charge in [0.15, 0.2) is 0 Å². The Labute approximate surface area is 88.1 Å². The number of thiazole rings is 1. The van der Waals surface area contributed by atoms with Gasteiger partial charge < -0.3 is 0 Å². The molecule has 0 amide bonds. The van der Waals surface area contributed by atoms with Crippen LogP contribution in [0.3, 0.4) is 0 Å². The molecule has 0 saturated heterocycles. The van der Waals surface area contributed by atoms with Crippen LogP contribution in [0.2, 0.25) is 0 Å². The third kappa shape index (κ3) is 1.40. The molecule has 1 aliphatic carbocycles. The Morgan fingerprint density at radius 2 is 2.31 bits per heavy atom. The van der Waals surface area contributed by atoms with Crippen molar-refractivity contribution in [3.8, 4) is 0 Å². The minimum absolute atomic E-state index is 0.390. The van der Waals surface area contributed by atoms with Gasteiger partial charge in [0.25, 0.3) is 0 Å². The molecule has 0 aromatic carbocycles. The van der Waals surface area contributed by atoms with E-state index >= 15 is 0 Å². The Kier molecular flexibility index (Phi) is 2.16. The fraction of sp³-hybridized carbons (Fsp3) is 0.700. The van der Waals surface area contributed by atoms with E-state index in [1.807, 2.05) is 17.5 Å². The number of nitrogens with zero attached hydrogens (tertiary/aromatic N) is 1. The van der Waals surface area contributed by atoms with Crippen molar-refractivity contribution in [3.05, 3.63) is 16.1 Å². The number of aromatic nitrogens is 1. The summed E-state index contributed by atoms with van der Waals surface area (Å²) in [6.07, 6.45) is 2.01. The first-order chi connectivity index (χ1) is 6.07. The zero-order valence-corrected chi connectivity index (χ0v) is 9.75. The summed E-state index contributed by atoms with van der Waals surface area (Å²) >= 11 is 7.73. The lowest BCUT2D eigenvalue weighted by atomic mass is 10.1. The van der Waals surface area contributed by atoms with Gasteiger partial charge in [-0.05, 0) is 18.3 Å². The van der Waals surface area contributed by atoms with Crippen LogP contribution in [0.15, 0.2) is 6.20 Å². The van der Waals surface area contributed by atoms with Crippen molar-refractivity contribution in [2.75, 3.05) is 5.88 Å². The zero-order valence-electron chi connectivity index (χ0n) is 8.17. The van der Waals surface area contributed by atoms with E-state index in [2.05, 4.69) is 25.8 Å². The maximum absolute atomic E-state index is 5.92. The molecule has 13 heavy (non-hydrogen) atoms. The van der Waals surface area contributed by atoms with Gasteiger partial charge in [0.05, 0.1) is 5.01 Å². The van der Waals surface area contributed by atoms with Crippen LogP contribution in [-0.2, 0) is 0 Å². The van der Waals surface area contributed by atoms with E-state index in [0.717, 1.165) is 10.9 Å². The molecule has 0 radical (unpaired) electrons. The Morgan fingerprint density at radius 3 is 2.69 bits per heavy atom. The van der Waals surface area contributed by atoms with Crippen LogP contribution >= 0.6 is 22.9 Å². The number of alkyl halides is 1. The molecule has 1 aliphatic rings. The van der Waals surface area contributed by atoms with Crippen LogP contribution in [0.1, 0.15) is 29.7 Å². The van der Waals surface area contributed by atoms with Crippen molar-refractivity contribution in [1.82, 2.24) is 4.98 Å². The maximum atomic E-state index is 5.92. The molecule has 1 saturated carbocycles. The average molecular weight is 216 g/mol. The van der Waals surface area contributed by atoms with Gasteiger partial charge in [-0.1, -0.05) is 13.8 Å². The largest absolute Gasteiger partial charge is 0.250 e. The van der Waals surface area contributed by atoms with Crippen molar-refractivity contribution in [2.45, 2.75) is 26.7 Å². The molecule has 2 rings (SSSR count). The number of rotatable bonds is 2. The second-order valence-electron chi connectivity index (χ2n) is 4.34. The first-order valence-corrected chi connectivity index (χ1v) is 5.90. The highest BCUT2D eigenvalue weighted by atomic mass is 35.5. The van der Waals surface area contributed by atoms with Gasteiger partial charge in [-0.15, -0.1) is 22.9 Å². The minimum atomic E-state index is 0.390. The Balaban J connectivity index is 2.21. The molecule has 3 heteroatoms. The van der Waals surface area contributed by atoms with Gasteiger partial charge >= 0.3 is 0 Å². The van der Waals surface area contributed by atoms with Crippen molar-refractivity contribution in [2.24, 2.45) is 11.3 Å². The van der Waals surface area contributed by atoms with Crippen molar-refractivity contribution >= 4 is 22.9 Å². The van der Waals surface area contributed by atoms with E-state index in [1.54, 1.807) is 0 Å². The molecule has 1 aromatic heterocycles. The molecule has 1 fully saturated rings.